The molecule has 110 valence electrons. The number of benzene rings is 2. The molecule has 2 aromatic rings. The van der Waals surface area contributed by atoms with Crippen LogP contribution in [0.3, 0.4) is 0 Å². The zero-order valence-corrected chi connectivity index (χ0v) is 12.4. The van der Waals surface area contributed by atoms with Gasteiger partial charge in [0, 0.05) is 12.2 Å². The van der Waals surface area contributed by atoms with Crippen LogP contribution in [-0.2, 0) is 0 Å². The van der Waals surface area contributed by atoms with E-state index >= 15 is 0 Å². The maximum Gasteiger partial charge on any atom is 0.337 e. The number of aryl methyl sites for hydroxylation is 1. The summed E-state index contributed by atoms with van der Waals surface area (Å²) in [6.45, 7) is 3.11. The van der Waals surface area contributed by atoms with Gasteiger partial charge in [-0.3, -0.25) is 0 Å². The van der Waals surface area contributed by atoms with Gasteiger partial charge in [0.1, 0.15) is 12.4 Å². The third-order valence-corrected chi connectivity index (χ3v) is 3.20. The zero-order valence-electron chi connectivity index (χ0n) is 11.6. The molecule has 0 aliphatic carbocycles. The summed E-state index contributed by atoms with van der Waals surface area (Å²) in [5.74, 6) is -0.203. The van der Waals surface area contributed by atoms with Crippen LogP contribution >= 0.6 is 11.6 Å². The lowest BCUT2D eigenvalue weighted by molar-refractivity contribution is 0.0697. The number of hydrogen-bond donors (Lipinski definition) is 2. The van der Waals surface area contributed by atoms with Gasteiger partial charge in [0.05, 0.1) is 10.6 Å². The van der Waals surface area contributed by atoms with Crippen LogP contribution in [0.5, 0.6) is 5.75 Å². The van der Waals surface area contributed by atoms with E-state index in [0.29, 0.717) is 13.2 Å². The van der Waals surface area contributed by atoms with Crippen molar-refractivity contribution in [2.75, 3.05) is 18.5 Å². The van der Waals surface area contributed by atoms with E-state index < -0.39 is 5.97 Å². The Hall–Kier alpha value is -2.20. The molecule has 0 spiro atoms. The number of carbonyl (C=O) groups is 1. The molecule has 21 heavy (non-hydrogen) atoms. The smallest absolute Gasteiger partial charge is 0.337 e. The Balaban J connectivity index is 1.84. The Labute approximate surface area is 128 Å². The van der Waals surface area contributed by atoms with Gasteiger partial charge >= 0.3 is 5.97 Å². The molecule has 5 heteroatoms. The first kappa shape index (κ1) is 15.2. The van der Waals surface area contributed by atoms with E-state index in [1.807, 2.05) is 31.2 Å². The van der Waals surface area contributed by atoms with Crippen molar-refractivity contribution in [2.45, 2.75) is 6.92 Å². The van der Waals surface area contributed by atoms with Crippen molar-refractivity contribution >= 4 is 23.3 Å². The first-order valence-electron chi connectivity index (χ1n) is 6.52. The van der Waals surface area contributed by atoms with Crippen LogP contribution in [0.15, 0.2) is 42.5 Å². The highest BCUT2D eigenvalue weighted by Crippen LogP contribution is 2.21. The fourth-order valence-corrected chi connectivity index (χ4v) is 2.13. The summed E-state index contributed by atoms with van der Waals surface area (Å²) in [6.07, 6.45) is 0. The van der Waals surface area contributed by atoms with Crippen LogP contribution in [0, 0.1) is 6.92 Å². The quantitative estimate of drug-likeness (QED) is 0.796. The summed E-state index contributed by atoms with van der Waals surface area (Å²) in [4.78, 5) is 10.9. The van der Waals surface area contributed by atoms with Gasteiger partial charge in [-0.05, 0) is 42.8 Å². The second kappa shape index (κ2) is 6.99. The van der Waals surface area contributed by atoms with E-state index in [0.717, 1.165) is 17.0 Å². The van der Waals surface area contributed by atoms with Crippen LogP contribution < -0.4 is 10.1 Å². The number of halogens is 1. The lowest BCUT2D eigenvalue weighted by atomic mass is 10.2. The summed E-state index contributed by atoms with van der Waals surface area (Å²) in [7, 11) is 0. The van der Waals surface area contributed by atoms with Gasteiger partial charge in [0.2, 0.25) is 0 Å². The normalized spacial score (nSPS) is 10.2. The van der Waals surface area contributed by atoms with Gasteiger partial charge in [-0.25, -0.2) is 4.79 Å². The highest BCUT2D eigenvalue weighted by atomic mass is 35.5. The van der Waals surface area contributed by atoms with E-state index in [1.165, 1.54) is 6.07 Å². The number of aromatic carboxylic acids is 1. The fraction of sp³-hybridized carbons (Fsp3) is 0.188. The first-order valence-corrected chi connectivity index (χ1v) is 6.90. The van der Waals surface area contributed by atoms with Crippen molar-refractivity contribution in [3.63, 3.8) is 0 Å². The van der Waals surface area contributed by atoms with Crippen LogP contribution in [0.25, 0.3) is 0 Å². The lowest BCUT2D eigenvalue weighted by Crippen LogP contribution is -2.11. The van der Waals surface area contributed by atoms with Crippen molar-refractivity contribution < 1.29 is 14.6 Å². The van der Waals surface area contributed by atoms with Crippen LogP contribution in [0.1, 0.15) is 15.9 Å². The molecule has 0 heterocycles. The van der Waals surface area contributed by atoms with Crippen molar-refractivity contribution in [1.29, 1.82) is 0 Å². The maximum absolute atomic E-state index is 10.9. The van der Waals surface area contributed by atoms with E-state index in [9.17, 15) is 4.79 Å². The highest BCUT2D eigenvalue weighted by molar-refractivity contribution is 6.33. The van der Waals surface area contributed by atoms with Gasteiger partial charge in [-0.1, -0.05) is 23.7 Å². The molecule has 0 bridgehead atoms. The molecule has 0 radical (unpaired) electrons. The molecule has 0 saturated heterocycles. The molecule has 4 nitrogen and oxygen atoms in total. The maximum atomic E-state index is 10.9. The summed E-state index contributed by atoms with van der Waals surface area (Å²) in [5.41, 5.74) is 2.01. The van der Waals surface area contributed by atoms with E-state index in [-0.39, 0.29) is 10.6 Å². The van der Waals surface area contributed by atoms with Gasteiger partial charge in [0.15, 0.2) is 0 Å². The topological polar surface area (TPSA) is 58.6 Å². The van der Waals surface area contributed by atoms with Crippen molar-refractivity contribution in [2.24, 2.45) is 0 Å². The standard InChI is InChI=1S/C16H16ClNO3/c1-11-3-2-4-13(9-11)21-8-7-18-12-5-6-14(16(19)20)15(17)10-12/h2-6,9-10,18H,7-8H2,1H3,(H,19,20). The Morgan fingerprint density at radius 2 is 2.10 bits per heavy atom. The van der Waals surface area contributed by atoms with Gasteiger partial charge in [0.25, 0.3) is 0 Å². The number of ether oxygens (including phenoxy) is 1. The third kappa shape index (κ3) is 4.39. The Morgan fingerprint density at radius 3 is 2.76 bits per heavy atom. The molecule has 0 aromatic heterocycles. The molecule has 0 aliphatic heterocycles. The second-order valence-electron chi connectivity index (χ2n) is 4.59. The number of rotatable bonds is 6. The molecule has 2 rings (SSSR count). The van der Waals surface area contributed by atoms with Crippen molar-refractivity contribution in [3.05, 3.63) is 58.6 Å². The minimum absolute atomic E-state index is 0.0956. The molecular weight excluding hydrogens is 290 g/mol. The number of nitrogens with one attached hydrogen (secondary N) is 1. The number of hydrogen-bond acceptors (Lipinski definition) is 3. The monoisotopic (exact) mass is 305 g/mol. The van der Waals surface area contributed by atoms with Crippen molar-refractivity contribution in [1.82, 2.24) is 0 Å². The van der Waals surface area contributed by atoms with Gasteiger partial charge in [-0.15, -0.1) is 0 Å². The second-order valence-corrected chi connectivity index (χ2v) is 5.00. The molecule has 0 unspecified atom stereocenters. The average molecular weight is 306 g/mol. The van der Waals surface area contributed by atoms with Crippen LogP contribution in [0.2, 0.25) is 5.02 Å². The molecule has 2 aromatic carbocycles. The fourth-order valence-electron chi connectivity index (χ4n) is 1.87. The molecule has 0 atom stereocenters. The van der Waals surface area contributed by atoms with Crippen LogP contribution in [0.4, 0.5) is 5.69 Å². The SMILES string of the molecule is Cc1cccc(OCCNc2ccc(C(=O)O)c(Cl)c2)c1. The molecular formula is C16H16ClNO3. The molecule has 0 amide bonds. The van der Waals surface area contributed by atoms with Gasteiger partial charge in [-0.2, -0.15) is 0 Å². The number of carboxylic acid groups (broad SMARTS) is 1. The zero-order chi connectivity index (χ0) is 15.2. The number of anilines is 1. The minimum Gasteiger partial charge on any atom is -0.492 e. The Kier molecular flexibility index (Phi) is 5.06. The summed E-state index contributed by atoms with van der Waals surface area (Å²) in [5, 5.41) is 12.2. The van der Waals surface area contributed by atoms with Crippen LogP contribution in [-0.4, -0.2) is 24.2 Å². The molecule has 0 aliphatic rings. The van der Waals surface area contributed by atoms with Gasteiger partial charge < -0.3 is 15.2 Å². The summed E-state index contributed by atoms with van der Waals surface area (Å²) >= 11 is 5.90. The van der Waals surface area contributed by atoms with E-state index in [1.54, 1.807) is 12.1 Å². The predicted octanol–water partition coefficient (Wildman–Crippen LogP) is 3.84. The third-order valence-electron chi connectivity index (χ3n) is 2.89. The molecule has 0 saturated carbocycles. The summed E-state index contributed by atoms with van der Waals surface area (Å²) in [6, 6.07) is 12.6. The van der Waals surface area contributed by atoms with E-state index in [2.05, 4.69) is 5.32 Å². The summed E-state index contributed by atoms with van der Waals surface area (Å²) < 4.78 is 5.61. The predicted molar refractivity (Wildman–Crippen MR) is 83.6 cm³/mol. The first-order chi connectivity index (χ1) is 10.1. The van der Waals surface area contributed by atoms with E-state index in [4.69, 9.17) is 21.4 Å². The lowest BCUT2D eigenvalue weighted by Gasteiger charge is -2.10. The Bertz CT molecular complexity index is 643. The number of carboxylic acids is 1. The Morgan fingerprint density at radius 1 is 1.29 bits per heavy atom. The average Bonchev–Trinajstić information content (AvgIpc) is 2.43. The molecule has 2 N–H and O–H groups in total. The minimum atomic E-state index is -1.03. The highest BCUT2D eigenvalue weighted by Gasteiger charge is 2.08. The van der Waals surface area contributed by atoms with Crippen molar-refractivity contribution in [3.8, 4) is 5.75 Å². The largest absolute Gasteiger partial charge is 0.492 e. The molecule has 0 fully saturated rings.